The van der Waals surface area contributed by atoms with E-state index in [0.29, 0.717) is 12.6 Å². The number of nitrogens with zero attached hydrogens (tertiary/aromatic N) is 2. The highest BCUT2D eigenvalue weighted by molar-refractivity contribution is 5.92. The quantitative estimate of drug-likeness (QED) is 0.244. The van der Waals surface area contributed by atoms with Gasteiger partial charge in [-0.1, -0.05) is 42.5 Å². The molecule has 0 atom stereocenters. The molecule has 0 fully saturated rings. The van der Waals surface area contributed by atoms with E-state index >= 15 is 0 Å². The third-order valence-corrected chi connectivity index (χ3v) is 5.31. The number of rotatable bonds is 8. The first kappa shape index (κ1) is 23.9. The molecule has 5 rings (SSSR count). The molecule has 0 bridgehead atoms. The summed E-state index contributed by atoms with van der Waals surface area (Å²) >= 11 is 0. The van der Waals surface area contributed by atoms with Crippen LogP contribution in [0.25, 0.3) is 10.9 Å². The summed E-state index contributed by atoms with van der Waals surface area (Å²) in [6, 6.07) is 33.5. The molecule has 2 N–H and O–H groups in total. The number of ether oxygens (including phenoxy) is 2. The largest absolute Gasteiger partial charge is 0.497 e. The number of hydrogen-bond donors (Lipinski definition) is 2. The lowest BCUT2D eigenvalue weighted by atomic mass is 10.2. The van der Waals surface area contributed by atoms with Gasteiger partial charge >= 0.3 is 0 Å². The first-order valence-corrected chi connectivity index (χ1v) is 11.0. The molecule has 0 spiro atoms. The molecule has 0 radical (unpaired) electrons. The lowest BCUT2D eigenvalue weighted by molar-refractivity contribution is 0.306. The second kappa shape index (κ2) is 11.2. The Morgan fingerprint density at radius 1 is 0.657 bits per heavy atom. The minimum atomic E-state index is 0. The normalized spacial score (nSPS) is 10.3. The van der Waals surface area contributed by atoms with Gasteiger partial charge in [0.15, 0.2) is 0 Å². The van der Waals surface area contributed by atoms with Gasteiger partial charge in [-0.25, -0.2) is 4.98 Å². The van der Waals surface area contributed by atoms with Gasteiger partial charge in [0.1, 0.15) is 23.9 Å². The number of fused-ring (bicyclic) bond motifs is 1. The Kier molecular flexibility index (Phi) is 7.65. The Morgan fingerprint density at radius 2 is 1.29 bits per heavy atom. The van der Waals surface area contributed by atoms with Crippen molar-refractivity contribution in [1.29, 1.82) is 0 Å². The first-order valence-electron chi connectivity index (χ1n) is 11.0. The van der Waals surface area contributed by atoms with E-state index in [-0.39, 0.29) is 12.4 Å². The van der Waals surface area contributed by atoms with Crippen molar-refractivity contribution in [3.8, 4) is 11.5 Å². The zero-order valence-corrected chi connectivity index (χ0v) is 20.0. The fourth-order valence-electron chi connectivity index (χ4n) is 3.54. The van der Waals surface area contributed by atoms with E-state index in [2.05, 4.69) is 15.6 Å². The molecule has 0 amide bonds. The Labute approximate surface area is 210 Å². The molecule has 0 aliphatic rings. The molecule has 1 heterocycles. The van der Waals surface area contributed by atoms with Gasteiger partial charge in [-0.3, -0.25) is 0 Å². The molecule has 176 valence electrons. The van der Waals surface area contributed by atoms with Crippen molar-refractivity contribution in [2.75, 3.05) is 17.7 Å². The summed E-state index contributed by atoms with van der Waals surface area (Å²) in [7, 11) is 1.65. The molecular weight excluding hydrogens is 460 g/mol. The minimum absolute atomic E-state index is 0. The third-order valence-electron chi connectivity index (χ3n) is 5.31. The van der Waals surface area contributed by atoms with Crippen LogP contribution in [0.3, 0.4) is 0 Å². The standard InChI is InChI=1S/C28H24N4O2.ClH/c1-33-23-15-11-21(12-16-23)29-27-25-9-5-6-10-26(25)31-28(32-27)30-22-13-17-24(18-14-22)34-19-20-7-3-2-4-8-20;/h2-18H,19H2,1H3,(H2,29,30,31,32);1H. The van der Waals surface area contributed by atoms with Crippen LogP contribution < -0.4 is 20.1 Å². The van der Waals surface area contributed by atoms with Crippen molar-refractivity contribution in [1.82, 2.24) is 9.97 Å². The predicted molar refractivity (Wildman–Crippen MR) is 144 cm³/mol. The number of nitrogens with one attached hydrogen (secondary N) is 2. The van der Waals surface area contributed by atoms with Crippen molar-refractivity contribution < 1.29 is 9.47 Å². The van der Waals surface area contributed by atoms with Crippen molar-refractivity contribution in [2.24, 2.45) is 0 Å². The second-order valence-electron chi connectivity index (χ2n) is 7.69. The Balaban J connectivity index is 0.00000289. The lowest BCUT2D eigenvalue weighted by Gasteiger charge is -2.13. The van der Waals surface area contributed by atoms with Crippen molar-refractivity contribution in [3.63, 3.8) is 0 Å². The number of benzene rings is 4. The van der Waals surface area contributed by atoms with E-state index in [1.54, 1.807) is 7.11 Å². The Bertz CT molecular complexity index is 1380. The van der Waals surface area contributed by atoms with Crippen LogP contribution in [-0.4, -0.2) is 17.1 Å². The van der Waals surface area contributed by atoms with Crippen molar-refractivity contribution in [2.45, 2.75) is 6.61 Å². The molecule has 35 heavy (non-hydrogen) atoms. The van der Waals surface area contributed by atoms with E-state index in [9.17, 15) is 0 Å². The van der Waals surface area contributed by atoms with Crippen LogP contribution in [0.1, 0.15) is 5.56 Å². The minimum Gasteiger partial charge on any atom is -0.497 e. The van der Waals surface area contributed by atoms with E-state index in [0.717, 1.165) is 45.2 Å². The number of anilines is 4. The summed E-state index contributed by atoms with van der Waals surface area (Å²) in [5, 5.41) is 7.64. The van der Waals surface area contributed by atoms with E-state index in [1.165, 1.54) is 0 Å². The molecule has 5 aromatic rings. The predicted octanol–water partition coefficient (Wildman–Crippen LogP) is 7.13. The summed E-state index contributed by atoms with van der Waals surface area (Å²) in [6.07, 6.45) is 0. The Hall–Kier alpha value is -4.29. The van der Waals surface area contributed by atoms with Crippen LogP contribution in [0.2, 0.25) is 0 Å². The average molecular weight is 485 g/mol. The molecule has 1 aromatic heterocycles. The summed E-state index contributed by atoms with van der Waals surface area (Å²) in [4.78, 5) is 9.42. The fourth-order valence-corrected chi connectivity index (χ4v) is 3.54. The third kappa shape index (κ3) is 5.99. The molecule has 7 heteroatoms. The van der Waals surface area contributed by atoms with Gasteiger partial charge in [-0.05, 0) is 66.2 Å². The molecule has 0 saturated heterocycles. The van der Waals surface area contributed by atoms with Gasteiger partial charge < -0.3 is 20.1 Å². The van der Waals surface area contributed by atoms with Crippen LogP contribution >= 0.6 is 12.4 Å². The zero-order chi connectivity index (χ0) is 23.2. The highest BCUT2D eigenvalue weighted by Crippen LogP contribution is 2.27. The molecule has 0 unspecified atom stereocenters. The molecule has 0 aliphatic heterocycles. The van der Waals surface area contributed by atoms with Gasteiger partial charge in [0.2, 0.25) is 5.95 Å². The molecular formula is C28H25ClN4O2. The fraction of sp³-hybridized carbons (Fsp3) is 0.0714. The maximum Gasteiger partial charge on any atom is 0.229 e. The second-order valence-corrected chi connectivity index (χ2v) is 7.69. The van der Waals surface area contributed by atoms with E-state index in [1.807, 2.05) is 103 Å². The van der Waals surface area contributed by atoms with Crippen LogP contribution in [0, 0.1) is 0 Å². The molecule has 0 saturated carbocycles. The van der Waals surface area contributed by atoms with E-state index in [4.69, 9.17) is 14.5 Å². The van der Waals surface area contributed by atoms with Crippen LogP contribution in [0.5, 0.6) is 11.5 Å². The van der Waals surface area contributed by atoms with E-state index < -0.39 is 0 Å². The van der Waals surface area contributed by atoms with Gasteiger partial charge in [-0.2, -0.15) is 4.98 Å². The highest BCUT2D eigenvalue weighted by atomic mass is 35.5. The summed E-state index contributed by atoms with van der Waals surface area (Å²) in [5.41, 5.74) is 3.76. The summed E-state index contributed by atoms with van der Waals surface area (Å²) in [5.74, 6) is 2.83. The van der Waals surface area contributed by atoms with Crippen LogP contribution in [0.4, 0.5) is 23.1 Å². The van der Waals surface area contributed by atoms with Gasteiger partial charge in [0.05, 0.1) is 12.6 Å². The number of halogens is 1. The first-order chi connectivity index (χ1) is 16.8. The smallest absolute Gasteiger partial charge is 0.229 e. The Morgan fingerprint density at radius 3 is 2.00 bits per heavy atom. The van der Waals surface area contributed by atoms with Crippen molar-refractivity contribution in [3.05, 3.63) is 109 Å². The maximum atomic E-state index is 5.88. The monoisotopic (exact) mass is 484 g/mol. The van der Waals surface area contributed by atoms with Crippen LogP contribution in [-0.2, 0) is 6.61 Å². The maximum absolute atomic E-state index is 5.88. The van der Waals surface area contributed by atoms with Crippen LogP contribution in [0.15, 0.2) is 103 Å². The van der Waals surface area contributed by atoms with Gasteiger partial charge in [0.25, 0.3) is 0 Å². The number of aromatic nitrogens is 2. The lowest BCUT2D eigenvalue weighted by Crippen LogP contribution is -2.02. The number of para-hydroxylation sites is 1. The van der Waals surface area contributed by atoms with Gasteiger partial charge in [-0.15, -0.1) is 12.4 Å². The van der Waals surface area contributed by atoms with Crippen molar-refractivity contribution >= 4 is 46.5 Å². The number of methoxy groups -OCH3 is 1. The topological polar surface area (TPSA) is 68.3 Å². The zero-order valence-electron chi connectivity index (χ0n) is 19.1. The SMILES string of the molecule is COc1ccc(Nc2nc(Nc3ccc(OCc4ccccc4)cc3)nc3ccccc23)cc1.Cl. The molecule has 0 aliphatic carbocycles. The van der Waals surface area contributed by atoms with Gasteiger partial charge in [0, 0.05) is 16.8 Å². The molecule has 4 aromatic carbocycles. The average Bonchev–Trinajstić information content (AvgIpc) is 2.89. The molecule has 6 nitrogen and oxygen atoms in total. The summed E-state index contributed by atoms with van der Waals surface area (Å²) in [6.45, 7) is 0.530. The highest BCUT2D eigenvalue weighted by Gasteiger charge is 2.09. The number of hydrogen-bond acceptors (Lipinski definition) is 6. The summed E-state index contributed by atoms with van der Waals surface area (Å²) < 4.78 is 11.1.